The predicted molar refractivity (Wildman–Crippen MR) is 97.4 cm³/mol. The lowest BCUT2D eigenvalue weighted by Gasteiger charge is -2.32. The van der Waals surface area contributed by atoms with Gasteiger partial charge >= 0.3 is 17.8 Å². The Bertz CT molecular complexity index is 840. The maximum absolute atomic E-state index is 12.9. The molecule has 0 spiro atoms. The Morgan fingerprint density at radius 1 is 1.14 bits per heavy atom. The smallest absolute Gasteiger partial charge is 0.325 e. The van der Waals surface area contributed by atoms with Crippen LogP contribution in [0.5, 0.6) is 0 Å². The first-order valence-corrected chi connectivity index (χ1v) is 9.59. The third-order valence-electron chi connectivity index (χ3n) is 6.33. The highest BCUT2D eigenvalue weighted by atomic mass is 19.1. The standard InChI is InChI=1S/C20H22FN3O4/c1-11(16-9-12-2-3-13(16)8-12)24-19(27)18(26)23(20(24)28)10-17(25)22-15-6-4-14(21)5-7-15/h4-7,11-13,16H,2-3,8-10H2,1H3,(H,22,25)/t11-,12-,13-,16-/m1/s1. The van der Waals surface area contributed by atoms with Crippen LogP contribution in [-0.4, -0.2) is 46.1 Å². The van der Waals surface area contributed by atoms with E-state index >= 15 is 0 Å². The van der Waals surface area contributed by atoms with E-state index in [0.29, 0.717) is 22.4 Å². The number of hydrogen-bond donors (Lipinski definition) is 1. The van der Waals surface area contributed by atoms with Crippen molar-refractivity contribution in [2.45, 2.75) is 38.6 Å². The highest BCUT2D eigenvalue weighted by Crippen LogP contribution is 2.50. The molecular formula is C20H22FN3O4. The molecule has 2 aliphatic carbocycles. The van der Waals surface area contributed by atoms with Crippen LogP contribution in [0, 0.1) is 23.6 Å². The van der Waals surface area contributed by atoms with E-state index in [1.807, 2.05) is 6.92 Å². The van der Waals surface area contributed by atoms with Gasteiger partial charge in [-0.2, -0.15) is 0 Å². The molecular weight excluding hydrogens is 365 g/mol. The van der Waals surface area contributed by atoms with Crippen LogP contribution >= 0.6 is 0 Å². The summed E-state index contributed by atoms with van der Waals surface area (Å²) in [5.41, 5.74) is 0.337. The average molecular weight is 387 g/mol. The number of hydrogen-bond acceptors (Lipinski definition) is 4. The van der Waals surface area contributed by atoms with Gasteiger partial charge in [-0.3, -0.25) is 19.3 Å². The van der Waals surface area contributed by atoms with Crippen molar-refractivity contribution in [3.8, 4) is 0 Å². The fourth-order valence-corrected chi connectivity index (χ4v) is 4.97. The Labute approximate surface area is 161 Å². The van der Waals surface area contributed by atoms with Gasteiger partial charge in [0.2, 0.25) is 5.91 Å². The van der Waals surface area contributed by atoms with Crippen LogP contribution in [0.3, 0.4) is 0 Å². The number of nitrogens with one attached hydrogen (secondary N) is 1. The molecule has 1 aliphatic heterocycles. The predicted octanol–water partition coefficient (Wildman–Crippen LogP) is 2.38. The molecule has 1 saturated heterocycles. The monoisotopic (exact) mass is 387 g/mol. The number of benzene rings is 1. The molecule has 2 saturated carbocycles. The second-order valence-corrected chi connectivity index (χ2v) is 7.98. The Balaban J connectivity index is 1.43. The molecule has 4 rings (SSSR count). The summed E-state index contributed by atoms with van der Waals surface area (Å²) in [4.78, 5) is 51.4. The molecule has 7 nitrogen and oxygen atoms in total. The van der Waals surface area contributed by atoms with E-state index in [4.69, 9.17) is 0 Å². The van der Waals surface area contributed by atoms with Crippen LogP contribution in [-0.2, 0) is 14.4 Å². The summed E-state index contributed by atoms with van der Waals surface area (Å²) < 4.78 is 12.9. The SMILES string of the molecule is C[C@H]([C@H]1C[C@@H]2CC[C@@H]1C2)N1C(=O)C(=O)N(CC(=O)Nc2ccc(F)cc2)C1=O. The number of amides is 5. The van der Waals surface area contributed by atoms with Gasteiger partial charge in [-0.25, -0.2) is 14.1 Å². The van der Waals surface area contributed by atoms with Crippen LogP contribution in [0.25, 0.3) is 0 Å². The van der Waals surface area contributed by atoms with Crippen molar-refractivity contribution in [1.29, 1.82) is 0 Å². The number of carbonyl (C=O) groups excluding carboxylic acids is 4. The second-order valence-electron chi connectivity index (χ2n) is 7.98. The Kier molecular flexibility index (Phi) is 4.64. The number of urea groups is 1. The van der Waals surface area contributed by atoms with Gasteiger partial charge in [-0.15, -0.1) is 0 Å². The lowest BCUT2D eigenvalue weighted by molar-refractivity contribution is -0.144. The van der Waals surface area contributed by atoms with Gasteiger partial charge in [-0.05, 0) is 68.2 Å². The molecule has 148 valence electrons. The molecule has 0 unspecified atom stereocenters. The van der Waals surface area contributed by atoms with E-state index in [1.54, 1.807) is 0 Å². The number of anilines is 1. The van der Waals surface area contributed by atoms with Crippen LogP contribution in [0.15, 0.2) is 24.3 Å². The quantitative estimate of drug-likeness (QED) is 0.621. The van der Waals surface area contributed by atoms with E-state index in [-0.39, 0.29) is 12.0 Å². The van der Waals surface area contributed by atoms with Crippen molar-refractivity contribution in [3.05, 3.63) is 30.1 Å². The molecule has 8 heteroatoms. The van der Waals surface area contributed by atoms with Gasteiger partial charge < -0.3 is 5.32 Å². The van der Waals surface area contributed by atoms with Crippen molar-refractivity contribution in [3.63, 3.8) is 0 Å². The summed E-state index contributed by atoms with van der Waals surface area (Å²) in [6.45, 7) is 1.26. The maximum atomic E-state index is 12.9. The fourth-order valence-electron chi connectivity index (χ4n) is 4.97. The molecule has 0 aromatic heterocycles. The number of halogens is 1. The van der Waals surface area contributed by atoms with E-state index in [2.05, 4.69) is 5.32 Å². The normalized spacial score (nSPS) is 27.6. The van der Waals surface area contributed by atoms with E-state index in [1.165, 1.54) is 30.7 Å². The summed E-state index contributed by atoms with van der Waals surface area (Å²) in [6.07, 6.45) is 4.41. The number of imide groups is 2. The van der Waals surface area contributed by atoms with Gasteiger partial charge in [0.05, 0.1) is 0 Å². The summed E-state index contributed by atoms with van der Waals surface area (Å²) in [5, 5.41) is 2.49. The van der Waals surface area contributed by atoms with Crippen molar-refractivity contribution >= 4 is 29.4 Å². The van der Waals surface area contributed by atoms with E-state index in [0.717, 1.165) is 24.2 Å². The van der Waals surface area contributed by atoms with Crippen LogP contribution in [0.4, 0.5) is 14.9 Å². The second kappa shape index (κ2) is 7.00. The van der Waals surface area contributed by atoms with Gasteiger partial charge in [-0.1, -0.05) is 6.42 Å². The van der Waals surface area contributed by atoms with Crippen molar-refractivity contribution < 1.29 is 23.6 Å². The maximum Gasteiger partial charge on any atom is 0.334 e. The molecule has 0 radical (unpaired) electrons. The third kappa shape index (κ3) is 3.16. The zero-order valence-corrected chi connectivity index (χ0v) is 15.6. The molecule has 1 aromatic rings. The number of rotatable bonds is 5. The Hall–Kier alpha value is -2.77. The molecule has 3 aliphatic rings. The average Bonchev–Trinajstić information content (AvgIpc) is 3.35. The lowest BCUT2D eigenvalue weighted by atomic mass is 9.83. The number of fused-ring (bicyclic) bond motifs is 2. The molecule has 2 bridgehead atoms. The van der Waals surface area contributed by atoms with Gasteiger partial charge in [0.1, 0.15) is 12.4 Å². The highest BCUT2D eigenvalue weighted by Gasteiger charge is 2.52. The summed E-state index contributed by atoms with van der Waals surface area (Å²) in [7, 11) is 0. The molecule has 4 atom stereocenters. The highest BCUT2D eigenvalue weighted by molar-refractivity contribution is 6.45. The van der Waals surface area contributed by atoms with Gasteiger partial charge in [0, 0.05) is 11.7 Å². The van der Waals surface area contributed by atoms with E-state index < -0.39 is 36.1 Å². The van der Waals surface area contributed by atoms with Crippen LogP contribution in [0.1, 0.15) is 32.6 Å². The number of nitrogens with zero attached hydrogens (tertiary/aromatic N) is 2. The summed E-state index contributed by atoms with van der Waals surface area (Å²) in [6, 6.07) is 4.02. The first-order valence-electron chi connectivity index (χ1n) is 9.59. The molecule has 1 N–H and O–H groups in total. The van der Waals surface area contributed by atoms with Gasteiger partial charge in [0.15, 0.2) is 0 Å². The van der Waals surface area contributed by atoms with Crippen molar-refractivity contribution in [2.24, 2.45) is 17.8 Å². The van der Waals surface area contributed by atoms with Crippen LogP contribution in [0.2, 0.25) is 0 Å². The topological polar surface area (TPSA) is 86.8 Å². The summed E-state index contributed by atoms with van der Waals surface area (Å²) in [5.74, 6) is -1.56. The molecule has 28 heavy (non-hydrogen) atoms. The zero-order valence-electron chi connectivity index (χ0n) is 15.6. The minimum Gasteiger partial charge on any atom is -0.325 e. The van der Waals surface area contributed by atoms with Crippen LogP contribution < -0.4 is 5.32 Å². The molecule has 5 amide bonds. The third-order valence-corrected chi connectivity index (χ3v) is 6.33. The molecule has 1 aromatic carbocycles. The Morgan fingerprint density at radius 3 is 2.46 bits per heavy atom. The molecule has 3 fully saturated rings. The van der Waals surface area contributed by atoms with Gasteiger partial charge in [0.25, 0.3) is 0 Å². The number of carbonyl (C=O) groups is 4. The summed E-state index contributed by atoms with van der Waals surface area (Å²) >= 11 is 0. The lowest BCUT2D eigenvalue weighted by Crippen LogP contribution is -2.45. The minimum absolute atomic E-state index is 0.215. The largest absolute Gasteiger partial charge is 0.334 e. The molecule has 1 heterocycles. The van der Waals surface area contributed by atoms with Crippen molar-refractivity contribution in [2.75, 3.05) is 11.9 Å². The first-order chi connectivity index (χ1) is 13.3. The zero-order chi connectivity index (χ0) is 20.0. The van der Waals surface area contributed by atoms with Crippen molar-refractivity contribution in [1.82, 2.24) is 9.80 Å². The minimum atomic E-state index is -0.978. The fraction of sp³-hybridized carbons (Fsp3) is 0.500. The first kappa shape index (κ1) is 18.6. The van der Waals surface area contributed by atoms with E-state index in [9.17, 15) is 23.6 Å². The Morgan fingerprint density at radius 2 is 1.86 bits per heavy atom.